The van der Waals surface area contributed by atoms with E-state index in [-0.39, 0.29) is 6.10 Å². The first kappa shape index (κ1) is 7.94. The van der Waals surface area contributed by atoms with E-state index in [0.29, 0.717) is 13.0 Å². The van der Waals surface area contributed by atoms with Crippen molar-refractivity contribution in [1.29, 1.82) is 0 Å². The molecule has 1 fully saturated rings. The largest absolute Gasteiger partial charge is 0.385 e. The van der Waals surface area contributed by atoms with Gasteiger partial charge in [-0.25, -0.2) is 0 Å². The molecule has 4 heteroatoms. The lowest BCUT2D eigenvalue weighted by molar-refractivity contribution is -0.224. The number of rotatable bonds is 1. The fraction of sp³-hybridized carbons (Fsp3) is 1.00. The lowest BCUT2D eigenvalue weighted by Crippen LogP contribution is -2.45. The molecule has 0 aromatic heterocycles. The van der Waals surface area contributed by atoms with E-state index in [1.54, 1.807) is 0 Å². The average Bonchev–Trinajstić information content (AvgIpc) is 1.95. The molecule has 0 aromatic rings. The third-order valence-electron chi connectivity index (χ3n) is 1.67. The molecule has 1 heterocycles. The minimum atomic E-state index is -1.08. The van der Waals surface area contributed by atoms with E-state index < -0.39 is 12.4 Å². The molecule has 0 aromatic carbocycles. The van der Waals surface area contributed by atoms with Crippen LogP contribution >= 0.6 is 0 Å². The summed E-state index contributed by atoms with van der Waals surface area (Å²) >= 11 is 0. The van der Waals surface area contributed by atoms with Gasteiger partial charge in [0.1, 0.15) is 6.10 Å². The molecule has 0 aliphatic carbocycles. The summed E-state index contributed by atoms with van der Waals surface area (Å²) in [6.45, 7) is 0.441. The van der Waals surface area contributed by atoms with Crippen molar-refractivity contribution in [2.45, 2.75) is 24.9 Å². The second-order valence-electron chi connectivity index (χ2n) is 2.31. The zero-order valence-electron chi connectivity index (χ0n) is 5.86. The average molecular weight is 148 g/mol. The Balaban J connectivity index is 2.42. The van der Waals surface area contributed by atoms with E-state index in [1.165, 1.54) is 7.11 Å². The topological polar surface area (TPSA) is 58.9 Å². The predicted molar refractivity (Wildman–Crippen MR) is 33.4 cm³/mol. The molecule has 0 unspecified atom stereocenters. The van der Waals surface area contributed by atoms with Crippen LogP contribution in [-0.4, -0.2) is 42.4 Å². The van der Waals surface area contributed by atoms with E-state index >= 15 is 0 Å². The second-order valence-corrected chi connectivity index (χ2v) is 2.31. The lowest BCUT2D eigenvalue weighted by Gasteiger charge is -2.30. The van der Waals surface area contributed by atoms with Gasteiger partial charge in [-0.3, -0.25) is 0 Å². The molecular formula is C6H12O4. The van der Waals surface area contributed by atoms with Gasteiger partial charge >= 0.3 is 0 Å². The van der Waals surface area contributed by atoms with Crippen LogP contribution in [0.15, 0.2) is 0 Å². The standard InChI is InChI=1S/C6H12O4/c1-9-4-2-3-10-6(8)5(4)7/h4-8H,2-3H2,1H3/t4-,5-,6-/m0/s1. The van der Waals surface area contributed by atoms with Gasteiger partial charge in [-0.2, -0.15) is 0 Å². The van der Waals surface area contributed by atoms with Crippen LogP contribution < -0.4 is 0 Å². The molecular weight excluding hydrogens is 136 g/mol. The minimum Gasteiger partial charge on any atom is -0.385 e. The predicted octanol–water partition coefficient (Wildman–Crippen LogP) is -0.899. The highest BCUT2D eigenvalue weighted by atomic mass is 16.6. The van der Waals surface area contributed by atoms with Crippen LogP contribution in [0.5, 0.6) is 0 Å². The Morgan fingerprint density at radius 1 is 1.50 bits per heavy atom. The Kier molecular flexibility index (Phi) is 2.62. The highest BCUT2D eigenvalue weighted by molar-refractivity contribution is 4.75. The Morgan fingerprint density at radius 3 is 2.70 bits per heavy atom. The van der Waals surface area contributed by atoms with Crippen LogP contribution in [0.25, 0.3) is 0 Å². The maximum Gasteiger partial charge on any atom is 0.183 e. The fourth-order valence-corrected chi connectivity index (χ4v) is 1.02. The van der Waals surface area contributed by atoms with Crippen molar-refractivity contribution in [3.8, 4) is 0 Å². The Hall–Kier alpha value is -0.160. The van der Waals surface area contributed by atoms with Gasteiger partial charge in [0.2, 0.25) is 0 Å². The normalized spacial score (nSPS) is 41.7. The van der Waals surface area contributed by atoms with Crippen LogP contribution in [0.2, 0.25) is 0 Å². The molecule has 4 nitrogen and oxygen atoms in total. The lowest BCUT2D eigenvalue weighted by atomic mass is 10.1. The first-order valence-electron chi connectivity index (χ1n) is 3.26. The Morgan fingerprint density at radius 2 is 2.20 bits per heavy atom. The number of ether oxygens (including phenoxy) is 2. The minimum absolute atomic E-state index is 0.288. The van der Waals surface area contributed by atoms with Crippen molar-refractivity contribution in [3.05, 3.63) is 0 Å². The number of methoxy groups -OCH3 is 1. The summed E-state index contributed by atoms with van der Waals surface area (Å²) in [5, 5.41) is 18.1. The first-order valence-corrected chi connectivity index (χ1v) is 3.26. The van der Waals surface area contributed by atoms with E-state index in [0.717, 1.165) is 0 Å². The van der Waals surface area contributed by atoms with Crippen LogP contribution in [-0.2, 0) is 9.47 Å². The molecule has 0 radical (unpaired) electrons. The second kappa shape index (κ2) is 3.30. The zero-order valence-corrected chi connectivity index (χ0v) is 5.86. The smallest absolute Gasteiger partial charge is 0.183 e. The van der Waals surface area contributed by atoms with E-state index in [1.807, 2.05) is 0 Å². The van der Waals surface area contributed by atoms with Crippen molar-refractivity contribution in [2.75, 3.05) is 13.7 Å². The fourth-order valence-electron chi connectivity index (χ4n) is 1.02. The summed E-state index contributed by atoms with van der Waals surface area (Å²) in [5.41, 5.74) is 0. The summed E-state index contributed by atoms with van der Waals surface area (Å²) in [6, 6.07) is 0. The van der Waals surface area contributed by atoms with Gasteiger partial charge in [0.05, 0.1) is 12.7 Å². The number of hydrogen-bond acceptors (Lipinski definition) is 4. The van der Waals surface area contributed by atoms with Crippen LogP contribution in [0.3, 0.4) is 0 Å². The quantitative estimate of drug-likeness (QED) is 0.506. The number of aliphatic hydroxyl groups excluding tert-OH is 2. The summed E-state index contributed by atoms with van der Waals surface area (Å²) in [4.78, 5) is 0. The summed E-state index contributed by atoms with van der Waals surface area (Å²) in [7, 11) is 1.51. The van der Waals surface area contributed by atoms with Crippen LogP contribution in [0.4, 0.5) is 0 Å². The zero-order chi connectivity index (χ0) is 7.56. The highest BCUT2D eigenvalue weighted by Crippen LogP contribution is 2.14. The van der Waals surface area contributed by atoms with E-state index in [4.69, 9.17) is 19.7 Å². The molecule has 0 spiro atoms. The van der Waals surface area contributed by atoms with E-state index in [9.17, 15) is 0 Å². The van der Waals surface area contributed by atoms with Gasteiger partial charge in [-0.1, -0.05) is 0 Å². The van der Waals surface area contributed by atoms with Crippen LogP contribution in [0.1, 0.15) is 6.42 Å². The summed E-state index contributed by atoms with van der Waals surface area (Å²) in [5.74, 6) is 0. The Bertz CT molecular complexity index is 106. The molecule has 60 valence electrons. The Labute approximate surface area is 59.4 Å². The number of hydrogen-bond donors (Lipinski definition) is 2. The molecule has 0 saturated carbocycles. The molecule has 2 N–H and O–H groups in total. The van der Waals surface area contributed by atoms with Crippen molar-refractivity contribution >= 4 is 0 Å². The third kappa shape index (κ3) is 1.46. The molecule has 1 saturated heterocycles. The first-order chi connectivity index (χ1) is 4.75. The third-order valence-corrected chi connectivity index (χ3v) is 1.67. The number of aliphatic hydroxyl groups is 2. The van der Waals surface area contributed by atoms with Crippen LogP contribution in [0, 0.1) is 0 Å². The van der Waals surface area contributed by atoms with E-state index in [2.05, 4.69) is 0 Å². The van der Waals surface area contributed by atoms with Gasteiger partial charge < -0.3 is 19.7 Å². The molecule has 1 aliphatic rings. The summed E-state index contributed by atoms with van der Waals surface area (Å²) < 4.78 is 9.63. The van der Waals surface area contributed by atoms with Gasteiger partial charge in [0, 0.05) is 7.11 Å². The van der Waals surface area contributed by atoms with Gasteiger partial charge in [-0.15, -0.1) is 0 Å². The SMILES string of the molecule is CO[C@H]1CCO[C@H](O)[C@H]1O. The molecule has 1 rings (SSSR count). The van der Waals surface area contributed by atoms with Gasteiger partial charge in [0.25, 0.3) is 0 Å². The molecule has 1 aliphatic heterocycles. The van der Waals surface area contributed by atoms with Crippen molar-refractivity contribution in [2.24, 2.45) is 0 Å². The maximum absolute atomic E-state index is 9.14. The van der Waals surface area contributed by atoms with Gasteiger partial charge in [-0.05, 0) is 6.42 Å². The van der Waals surface area contributed by atoms with Crippen molar-refractivity contribution in [3.63, 3.8) is 0 Å². The monoisotopic (exact) mass is 148 g/mol. The molecule has 10 heavy (non-hydrogen) atoms. The van der Waals surface area contributed by atoms with Gasteiger partial charge in [0.15, 0.2) is 6.29 Å². The van der Waals surface area contributed by atoms with Crippen molar-refractivity contribution in [1.82, 2.24) is 0 Å². The highest BCUT2D eigenvalue weighted by Gasteiger charge is 2.30. The maximum atomic E-state index is 9.14. The van der Waals surface area contributed by atoms with Crippen molar-refractivity contribution < 1.29 is 19.7 Å². The summed E-state index contributed by atoms with van der Waals surface area (Å²) in [6.07, 6.45) is -1.64. The molecule has 0 bridgehead atoms. The molecule has 3 atom stereocenters. The molecule has 0 amide bonds.